The third-order valence-corrected chi connectivity index (χ3v) is 6.57. The van der Waals surface area contributed by atoms with Crippen molar-refractivity contribution in [2.75, 3.05) is 18.8 Å². The topological polar surface area (TPSA) is 118 Å². The van der Waals surface area contributed by atoms with Gasteiger partial charge in [-0.25, -0.2) is 26.3 Å². The molecule has 0 aliphatic rings. The molecule has 1 aromatic carbocycles. The summed E-state index contributed by atoms with van der Waals surface area (Å²) in [7, 11) is -7.30. The fourth-order valence-corrected chi connectivity index (χ4v) is 4.02. The van der Waals surface area contributed by atoms with Gasteiger partial charge < -0.3 is 5.73 Å². The number of nitrogens with one attached hydrogen (secondary N) is 2. The largest absolute Gasteiger partial charge is 0.324 e. The summed E-state index contributed by atoms with van der Waals surface area (Å²) in [5.74, 6) is -0.345. The Morgan fingerprint density at radius 3 is 2.09 bits per heavy atom. The van der Waals surface area contributed by atoms with Gasteiger partial charge in [-0.3, -0.25) is 0 Å². The van der Waals surface area contributed by atoms with Gasteiger partial charge in [0.15, 0.2) is 0 Å². The van der Waals surface area contributed by atoms with E-state index in [4.69, 9.17) is 5.73 Å². The summed E-state index contributed by atoms with van der Waals surface area (Å²) in [6.45, 7) is 3.72. The Labute approximate surface area is 138 Å². The summed E-state index contributed by atoms with van der Waals surface area (Å²) in [4.78, 5) is 0.100. The summed E-state index contributed by atoms with van der Waals surface area (Å²) >= 11 is 0. The molecule has 0 aliphatic carbocycles. The van der Waals surface area contributed by atoms with Gasteiger partial charge in [0.1, 0.15) is 0 Å². The van der Waals surface area contributed by atoms with Crippen LogP contribution in [0.15, 0.2) is 35.2 Å². The number of hydrogen-bond acceptors (Lipinski definition) is 5. The second-order valence-corrected chi connectivity index (χ2v) is 9.11. The normalized spacial score (nSPS) is 13.2. The van der Waals surface area contributed by atoms with Crippen molar-refractivity contribution in [3.8, 4) is 0 Å². The average Bonchev–Trinajstić information content (AvgIpc) is 2.53. The monoisotopic (exact) mass is 363 g/mol. The van der Waals surface area contributed by atoms with Crippen LogP contribution in [-0.2, 0) is 20.0 Å². The van der Waals surface area contributed by atoms with Gasteiger partial charge in [0.05, 0.1) is 10.6 Å². The molecule has 0 radical (unpaired) electrons. The van der Waals surface area contributed by atoms with E-state index in [1.165, 1.54) is 12.1 Å². The van der Waals surface area contributed by atoms with E-state index in [0.29, 0.717) is 12.8 Å². The Hall–Kier alpha value is -1.00. The Kier molecular flexibility index (Phi) is 7.15. The Balaban J connectivity index is 2.54. The van der Waals surface area contributed by atoms with E-state index in [-0.39, 0.29) is 23.7 Å². The zero-order valence-corrected chi connectivity index (χ0v) is 15.1. The minimum atomic E-state index is -3.70. The van der Waals surface area contributed by atoms with Gasteiger partial charge in [-0.1, -0.05) is 32.0 Å². The van der Waals surface area contributed by atoms with Crippen LogP contribution in [0.3, 0.4) is 0 Å². The summed E-state index contributed by atoms with van der Waals surface area (Å²) in [5.41, 5.74) is 5.45. The van der Waals surface area contributed by atoms with Crippen molar-refractivity contribution in [3.05, 3.63) is 30.3 Å². The molecule has 0 bridgehead atoms. The minimum Gasteiger partial charge on any atom is -0.324 e. The molecule has 1 rings (SSSR count). The van der Waals surface area contributed by atoms with Crippen LogP contribution in [0.5, 0.6) is 0 Å². The Morgan fingerprint density at radius 1 is 1.00 bits per heavy atom. The molecule has 0 spiro atoms. The van der Waals surface area contributed by atoms with Gasteiger partial charge in [-0.15, -0.1) is 0 Å². The van der Waals surface area contributed by atoms with E-state index in [1.807, 2.05) is 13.8 Å². The smallest absolute Gasteiger partial charge is 0.240 e. The second-order valence-electron chi connectivity index (χ2n) is 5.42. The third-order valence-electron chi connectivity index (χ3n) is 3.77. The SMILES string of the molecule is CCC(N)(CC)CNS(=O)(=O)CCNS(=O)(=O)c1ccccc1. The lowest BCUT2D eigenvalue weighted by Gasteiger charge is -2.26. The lowest BCUT2D eigenvalue weighted by molar-refractivity contribution is 0.392. The zero-order valence-electron chi connectivity index (χ0n) is 13.4. The molecule has 0 aromatic heterocycles. The van der Waals surface area contributed by atoms with E-state index in [9.17, 15) is 16.8 Å². The maximum absolute atomic E-state index is 12.0. The third kappa shape index (κ3) is 6.56. The van der Waals surface area contributed by atoms with Crippen LogP contribution in [-0.4, -0.2) is 41.2 Å². The number of rotatable bonds is 10. The number of benzene rings is 1. The van der Waals surface area contributed by atoms with E-state index in [2.05, 4.69) is 9.44 Å². The highest BCUT2D eigenvalue weighted by molar-refractivity contribution is 7.90. The number of nitrogens with two attached hydrogens (primary N) is 1. The number of sulfonamides is 2. The van der Waals surface area contributed by atoms with Crippen LogP contribution in [0, 0.1) is 0 Å². The summed E-state index contributed by atoms with van der Waals surface area (Å²) < 4.78 is 52.5. The van der Waals surface area contributed by atoms with Gasteiger partial charge in [0, 0.05) is 18.6 Å². The van der Waals surface area contributed by atoms with Gasteiger partial charge >= 0.3 is 0 Å². The first-order chi connectivity index (χ1) is 10.6. The molecule has 0 atom stereocenters. The molecule has 0 saturated heterocycles. The van der Waals surface area contributed by atoms with Crippen molar-refractivity contribution in [1.82, 2.24) is 9.44 Å². The average molecular weight is 364 g/mol. The fraction of sp³-hybridized carbons (Fsp3) is 0.571. The first kappa shape index (κ1) is 20.0. The standard InChI is InChI=1S/C14H25N3O4S2/c1-3-14(15,4-2)12-17-22(18,19)11-10-16-23(20,21)13-8-6-5-7-9-13/h5-9,16-17H,3-4,10-12,15H2,1-2H3. The second kappa shape index (κ2) is 8.20. The highest BCUT2D eigenvalue weighted by Crippen LogP contribution is 2.10. The lowest BCUT2D eigenvalue weighted by Crippen LogP contribution is -2.50. The van der Waals surface area contributed by atoms with Gasteiger partial charge in [-0.2, -0.15) is 0 Å². The molecule has 0 aliphatic heterocycles. The molecular weight excluding hydrogens is 338 g/mol. The molecule has 4 N–H and O–H groups in total. The van der Waals surface area contributed by atoms with Crippen molar-refractivity contribution in [2.45, 2.75) is 37.1 Å². The van der Waals surface area contributed by atoms with Crippen molar-refractivity contribution < 1.29 is 16.8 Å². The molecule has 0 saturated carbocycles. The van der Waals surface area contributed by atoms with E-state index >= 15 is 0 Å². The van der Waals surface area contributed by atoms with Crippen LogP contribution < -0.4 is 15.2 Å². The van der Waals surface area contributed by atoms with Crippen molar-refractivity contribution in [3.63, 3.8) is 0 Å². The van der Waals surface area contributed by atoms with Crippen LogP contribution in [0.4, 0.5) is 0 Å². The molecule has 1 aromatic rings. The molecule has 0 heterocycles. The van der Waals surface area contributed by atoms with Crippen molar-refractivity contribution >= 4 is 20.0 Å². The molecule has 7 nitrogen and oxygen atoms in total. The summed E-state index contributed by atoms with van der Waals surface area (Å²) in [6, 6.07) is 7.79. The van der Waals surface area contributed by atoms with Crippen LogP contribution in [0.1, 0.15) is 26.7 Å². The van der Waals surface area contributed by atoms with E-state index in [1.54, 1.807) is 18.2 Å². The Bertz CT molecular complexity index is 684. The first-order valence-corrected chi connectivity index (χ1v) is 10.6. The molecule has 0 fully saturated rings. The maximum atomic E-state index is 12.0. The predicted octanol–water partition coefficient (Wildman–Crippen LogP) is 0.402. The molecule has 132 valence electrons. The minimum absolute atomic E-state index is 0.100. The van der Waals surface area contributed by atoms with E-state index < -0.39 is 25.6 Å². The van der Waals surface area contributed by atoms with Crippen molar-refractivity contribution in [1.29, 1.82) is 0 Å². The number of hydrogen-bond donors (Lipinski definition) is 3. The predicted molar refractivity (Wildman–Crippen MR) is 90.9 cm³/mol. The van der Waals surface area contributed by atoms with Crippen molar-refractivity contribution in [2.24, 2.45) is 5.73 Å². The van der Waals surface area contributed by atoms with E-state index in [0.717, 1.165) is 0 Å². The van der Waals surface area contributed by atoms with Crippen LogP contribution in [0.2, 0.25) is 0 Å². The quantitative estimate of drug-likeness (QED) is 0.556. The fourth-order valence-electron chi connectivity index (χ4n) is 1.82. The molecule has 0 unspecified atom stereocenters. The molecule has 23 heavy (non-hydrogen) atoms. The highest BCUT2D eigenvalue weighted by atomic mass is 32.2. The van der Waals surface area contributed by atoms with Crippen LogP contribution in [0.25, 0.3) is 0 Å². The zero-order chi connectivity index (χ0) is 17.6. The van der Waals surface area contributed by atoms with Gasteiger partial charge in [-0.05, 0) is 25.0 Å². The molecule has 0 amide bonds. The van der Waals surface area contributed by atoms with Gasteiger partial charge in [0.25, 0.3) is 0 Å². The van der Waals surface area contributed by atoms with Crippen LogP contribution >= 0.6 is 0 Å². The maximum Gasteiger partial charge on any atom is 0.240 e. The first-order valence-electron chi connectivity index (χ1n) is 7.45. The van der Waals surface area contributed by atoms with Gasteiger partial charge in [0.2, 0.25) is 20.0 Å². The molecule has 9 heteroatoms. The molecular formula is C14H25N3O4S2. The summed E-state index contributed by atoms with van der Waals surface area (Å²) in [6.07, 6.45) is 1.29. The Morgan fingerprint density at radius 2 is 1.57 bits per heavy atom. The lowest BCUT2D eigenvalue weighted by atomic mass is 9.95. The highest BCUT2D eigenvalue weighted by Gasteiger charge is 2.23. The summed E-state index contributed by atoms with van der Waals surface area (Å²) in [5, 5.41) is 0.